The molecule has 3 aliphatic rings. The molecule has 0 unspecified atom stereocenters. The van der Waals surface area contributed by atoms with E-state index >= 15 is 0 Å². The van der Waals surface area contributed by atoms with Crippen LogP contribution in [0.2, 0.25) is 0 Å². The zero-order chi connectivity index (χ0) is 53.9. The van der Waals surface area contributed by atoms with E-state index in [9.17, 15) is 19.2 Å². The average molecular weight is 1170 g/mol. The number of carbonyl (C=O) groups is 4. The van der Waals surface area contributed by atoms with E-state index in [1.807, 2.05) is 119 Å². The van der Waals surface area contributed by atoms with Crippen molar-refractivity contribution < 1.29 is 75.5 Å². The summed E-state index contributed by atoms with van der Waals surface area (Å²) in [7, 11) is 4.18. The van der Waals surface area contributed by atoms with Crippen molar-refractivity contribution in [1.29, 1.82) is 0 Å². The third-order valence-electron chi connectivity index (χ3n) is 13.9. The van der Waals surface area contributed by atoms with Gasteiger partial charge in [0.15, 0.2) is 25.2 Å². The molecule has 2 aromatic heterocycles. The Morgan fingerprint density at radius 1 is 0.527 bits per heavy atom. The number of Topliss-reactive ketones (excluding diaryl/α,β-unsaturated/α-hetero) is 2. The summed E-state index contributed by atoms with van der Waals surface area (Å²) in [5.74, 6) is -0.658. The van der Waals surface area contributed by atoms with Crippen LogP contribution in [0.3, 0.4) is 0 Å². The molecule has 74 heavy (non-hydrogen) atoms. The Kier molecular flexibility index (Phi) is 22.9. The molecule has 3 saturated heterocycles. The van der Waals surface area contributed by atoms with E-state index < -0.39 is 50.1 Å². The zero-order valence-corrected chi connectivity index (χ0v) is 51.1. The minimum atomic E-state index is -0.611. The fourth-order valence-corrected chi connectivity index (χ4v) is 9.88. The van der Waals surface area contributed by atoms with Crippen molar-refractivity contribution in [3.05, 3.63) is 50.6 Å². The molecular formula is C50H74B3BrO16S4. The van der Waals surface area contributed by atoms with Crippen LogP contribution in [0.5, 0.6) is 11.5 Å². The highest BCUT2D eigenvalue weighted by Gasteiger charge is 2.64. The van der Waals surface area contributed by atoms with Gasteiger partial charge < -0.3 is 56.3 Å². The van der Waals surface area contributed by atoms with Crippen molar-refractivity contribution in [3.63, 3.8) is 0 Å². The second-order valence-corrected chi connectivity index (χ2v) is 24.0. The molecule has 0 saturated carbocycles. The van der Waals surface area contributed by atoms with Crippen LogP contribution in [0.25, 0.3) is 20.2 Å². The van der Waals surface area contributed by atoms with Crippen LogP contribution in [0.1, 0.15) is 129 Å². The molecule has 0 radical (unpaired) electrons. The van der Waals surface area contributed by atoms with Gasteiger partial charge in [-0.1, -0.05) is 19.9 Å². The van der Waals surface area contributed by atoms with Crippen molar-refractivity contribution in [2.24, 2.45) is 11.8 Å². The SMILES string of the molecule is CC1(C)OB(B2OC(C)(C)C(C)(C)O2)OC1(C)C.COCOc1cc2sc(C(=O)C[C@H](C)C(=O)OC)cc2cc1B1OC(C)(C)C(C)(C)O1.COCOc1cc2sc(C(=O)C[C@H](C)C(=O)OC)cc2cc1Br.S.S. The number of halogens is 1. The Morgan fingerprint density at radius 3 is 1.23 bits per heavy atom. The summed E-state index contributed by atoms with van der Waals surface area (Å²) < 4.78 is 69.5. The zero-order valence-electron chi connectivity index (χ0n) is 45.9. The highest BCUT2D eigenvalue weighted by Crippen LogP contribution is 2.44. The molecule has 0 N–H and O–H groups in total. The molecule has 3 aliphatic heterocycles. The van der Waals surface area contributed by atoms with Crippen molar-refractivity contribution >= 4 is 136 Å². The lowest BCUT2D eigenvalue weighted by atomic mass is 9.49. The van der Waals surface area contributed by atoms with Gasteiger partial charge in [0, 0.05) is 41.9 Å². The Balaban J connectivity index is 0.000000300. The third kappa shape index (κ3) is 15.1. The first-order valence-corrected chi connectivity index (χ1v) is 26.1. The molecule has 7 rings (SSSR count). The maximum atomic E-state index is 12.7. The van der Waals surface area contributed by atoms with Gasteiger partial charge >= 0.3 is 33.1 Å². The monoisotopic (exact) mass is 1170 g/mol. The van der Waals surface area contributed by atoms with Gasteiger partial charge in [0.1, 0.15) is 11.5 Å². The standard InChI is InChI=1S/C22H29BO7S.C16H17BrO5S.C12H24B2O4.2H2S/c1-13(20(25)27-7)8-16(24)19-10-14-9-15(17(28-12-26-6)11-18(14)31-19)23-29-21(2,3)22(4,5)30-23;1-9(16(19)21-3)4-12(18)15-6-10-5-11(17)13(22-8-20-2)7-14(10)23-15;1-9(2)10(3,4)16-13(15-9)14-17-11(5,6)12(7,8)18-14;;/h9-11,13H,8,12H2,1-7H3;5-7,9H,4,8H2,1-3H3;1-8H3;2*1H2/t13-;9-;;;/m00.../s1. The van der Waals surface area contributed by atoms with Crippen LogP contribution < -0.4 is 14.9 Å². The van der Waals surface area contributed by atoms with E-state index in [-0.39, 0.29) is 93.4 Å². The number of rotatable bonds is 16. The Labute approximate surface area is 467 Å². The second kappa shape index (κ2) is 25.8. The van der Waals surface area contributed by atoms with Crippen LogP contribution in [-0.4, -0.2) is 120 Å². The van der Waals surface area contributed by atoms with Crippen LogP contribution in [0, 0.1) is 11.8 Å². The lowest BCUT2D eigenvalue weighted by molar-refractivity contribution is -0.145. The molecule has 0 aliphatic carbocycles. The van der Waals surface area contributed by atoms with Crippen LogP contribution in [0.4, 0.5) is 0 Å². The number of ether oxygens (including phenoxy) is 6. The number of methoxy groups -OCH3 is 4. The molecule has 0 spiro atoms. The van der Waals surface area contributed by atoms with Gasteiger partial charge in [-0.05, 0) is 140 Å². The van der Waals surface area contributed by atoms with Gasteiger partial charge in [-0.15, -0.1) is 22.7 Å². The van der Waals surface area contributed by atoms with Crippen LogP contribution in [0.15, 0.2) is 40.9 Å². The minimum Gasteiger partial charge on any atom is -0.469 e. The quantitative estimate of drug-likeness (QED) is 0.0447. The predicted octanol–water partition coefficient (Wildman–Crippen LogP) is 10.1. The molecule has 2 aromatic carbocycles. The van der Waals surface area contributed by atoms with E-state index in [1.165, 1.54) is 36.9 Å². The van der Waals surface area contributed by atoms with Gasteiger partial charge in [0.2, 0.25) is 0 Å². The summed E-state index contributed by atoms with van der Waals surface area (Å²) in [5.41, 5.74) is -1.69. The normalized spacial score (nSPS) is 19.2. The number of fused-ring (bicyclic) bond motifs is 2. The highest BCUT2D eigenvalue weighted by molar-refractivity contribution is 9.10. The average Bonchev–Trinajstić information content (AvgIpc) is 4.06. The largest absolute Gasteiger partial charge is 0.498 e. The first kappa shape index (κ1) is 65.6. The number of hydrogen-bond donors (Lipinski definition) is 0. The molecule has 4 aromatic rings. The predicted molar refractivity (Wildman–Crippen MR) is 305 cm³/mol. The summed E-state index contributed by atoms with van der Waals surface area (Å²) in [6, 6.07) is 11.2. The number of ketones is 2. The summed E-state index contributed by atoms with van der Waals surface area (Å²) >= 11 is 6.18. The van der Waals surface area contributed by atoms with E-state index in [2.05, 4.69) is 20.7 Å². The maximum absolute atomic E-state index is 12.7. The lowest BCUT2D eigenvalue weighted by Crippen LogP contribution is -2.41. The molecule has 24 heteroatoms. The molecule has 5 heterocycles. The fourth-order valence-electron chi connectivity index (χ4n) is 7.36. The highest BCUT2D eigenvalue weighted by atomic mass is 79.9. The molecular weight excluding hydrogens is 1100 g/mol. The number of thiophene rings is 2. The van der Waals surface area contributed by atoms with E-state index in [4.69, 9.17) is 51.6 Å². The maximum Gasteiger partial charge on any atom is 0.498 e. The molecule has 0 bridgehead atoms. The topological polar surface area (TPSA) is 179 Å². The van der Waals surface area contributed by atoms with Crippen molar-refractivity contribution in [2.45, 2.75) is 143 Å². The van der Waals surface area contributed by atoms with Gasteiger partial charge in [-0.2, -0.15) is 27.0 Å². The number of esters is 2. The van der Waals surface area contributed by atoms with Crippen molar-refractivity contribution in [3.8, 4) is 11.5 Å². The summed E-state index contributed by atoms with van der Waals surface area (Å²) in [5, 5.41) is 1.83. The summed E-state index contributed by atoms with van der Waals surface area (Å²) in [6.07, 6.45) is 0.226. The van der Waals surface area contributed by atoms with Gasteiger partial charge in [0.25, 0.3) is 0 Å². The van der Waals surface area contributed by atoms with E-state index in [0.29, 0.717) is 21.3 Å². The summed E-state index contributed by atoms with van der Waals surface area (Å²) in [4.78, 5) is 49.3. The van der Waals surface area contributed by atoms with Gasteiger partial charge in [0.05, 0.1) is 73.9 Å². The van der Waals surface area contributed by atoms with Crippen molar-refractivity contribution in [2.75, 3.05) is 42.0 Å². The molecule has 410 valence electrons. The van der Waals surface area contributed by atoms with Crippen LogP contribution >= 0.6 is 65.6 Å². The smallest absolute Gasteiger partial charge is 0.469 e. The van der Waals surface area contributed by atoms with Gasteiger partial charge in [-0.3, -0.25) is 19.2 Å². The Bertz CT molecular complexity index is 2520. The fraction of sp³-hybridized carbons (Fsp3) is 0.600. The Morgan fingerprint density at radius 2 is 0.865 bits per heavy atom. The lowest BCUT2D eigenvalue weighted by Gasteiger charge is -2.32. The first-order chi connectivity index (χ1) is 33.3. The first-order valence-electron chi connectivity index (χ1n) is 23.7. The Hall–Kier alpha value is -2.71. The summed E-state index contributed by atoms with van der Waals surface area (Å²) in [6.45, 7) is 27.8. The van der Waals surface area contributed by atoms with Gasteiger partial charge in [-0.25, -0.2) is 0 Å². The van der Waals surface area contributed by atoms with Crippen molar-refractivity contribution in [1.82, 2.24) is 0 Å². The van der Waals surface area contributed by atoms with E-state index in [1.54, 1.807) is 28.1 Å². The molecule has 0 amide bonds. The number of carbonyl (C=O) groups excluding carboxylic acids is 4. The second-order valence-electron chi connectivity index (χ2n) is 21.0. The van der Waals surface area contributed by atoms with E-state index in [0.717, 1.165) is 30.1 Å². The number of benzene rings is 2. The van der Waals surface area contributed by atoms with Crippen LogP contribution in [-0.2, 0) is 56.5 Å². The minimum absolute atomic E-state index is 0. The molecule has 3 fully saturated rings. The molecule has 16 nitrogen and oxygen atoms in total. The molecule has 2 atom stereocenters. The third-order valence-corrected chi connectivity index (χ3v) is 16.8. The number of hydrogen-bond acceptors (Lipinski definition) is 18.